The number of rotatable bonds is 5. The number of aromatic nitrogens is 4. The highest BCUT2D eigenvalue weighted by Crippen LogP contribution is 2.44. The van der Waals surface area contributed by atoms with Gasteiger partial charge in [-0.2, -0.15) is 10.2 Å². The minimum absolute atomic E-state index is 0.0292. The van der Waals surface area contributed by atoms with Crippen molar-refractivity contribution in [1.82, 2.24) is 19.8 Å². The van der Waals surface area contributed by atoms with E-state index < -0.39 is 17.9 Å². The first kappa shape index (κ1) is 19.5. The van der Waals surface area contributed by atoms with E-state index in [1.54, 1.807) is 29.0 Å². The highest BCUT2D eigenvalue weighted by molar-refractivity contribution is 6.36. The second kappa shape index (κ2) is 6.90. The molecule has 2 fully saturated rings. The molecule has 1 aromatic carbocycles. The molecule has 7 nitrogen and oxygen atoms in total. The maximum atomic E-state index is 15.5. The predicted octanol–water partition coefficient (Wildman–Crippen LogP) is 4.57. The summed E-state index contributed by atoms with van der Waals surface area (Å²) in [5, 5.41) is 14.8. The maximum Gasteiger partial charge on any atom is 0.231 e. The first-order chi connectivity index (χ1) is 15.4. The first-order valence-corrected chi connectivity index (χ1v) is 10.8. The lowest BCUT2D eigenvalue weighted by Gasteiger charge is -2.22. The lowest BCUT2D eigenvalue weighted by atomic mass is 10.0. The van der Waals surface area contributed by atoms with Crippen LogP contribution in [0, 0.1) is 11.7 Å². The molecule has 0 saturated heterocycles. The molecule has 6 rings (SSSR count). The van der Waals surface area contributed by atoms with Gasteiger partial charge in [0.25, 0.3) is 0 Å². The normalized spacial score (nSPS) is 20.1. The van der Waals surface area contributed by atoms with Gasteiger partial charge in [-0.3, -0.25) is 9.89 Å². The molecule has 0 radical (unpaired) electrons. The van der Waals surface area contributed by atoms with Crippen molar-refractivity contribution < 1.29 is 13.6 Å². The van der Waals surface area contributed by atoms with Crippen LogP contribution in [-0.2, 0) is 4.79 Å². The second-order valence-corrected chi connectivity index (χ2v) is 8.89. The molecule has 0 spiro atoms. The Hall–Kier alpha value is -3.20. The number of carbonyl (C=O) groups excluding carboxylic acids is 1. The molecule has 0 unspecified atom stereocenters. The van der Waals surface area contributed by atoms with Gasteiger partial charge in [0.15, 0.2) is 11.6 Å². The molecule has 3 heterocycles. The van der Waals surface area contributed by atoms with E-state index >= 15 is 4.39 Å². The Morgan fingerprint density at radius 3 is 2.88 bits per heavy atom. The van der Waals surface area contributed by atoms with Gasteiger partial charge in [-0.05, 0) is 37.0 Å². The van der Waals surface area contributed by atoms with Crippen LogP contribution in [0.2, 0.25) is 5.02 Å². The van der Waals surface area contributed by atoms with Crippen molar-refractivity contribution in [2.45, 2.75) is 31.5 Å². The van der Waals surface area contributed by atoms with Crippen molar-refractivity contribution in [3.63, 3.8) is 0 Å². The van der Waals surface area contributed by atoms with Crippen LogP contribution in [0.25, 0.3) is 27.5 Å². The fraction of sp³-hybridized carbons (Fsp3) is 0.318. The minimum Gasteiger partial charge on any atom is -0.367 e. The number of pyridine rings is 1. The number of H-pyrrole nitrogens is 1. The summed E-state index contributed by atoms with van der Waals surface area (Å²) < 4.78 is 30.2. The number of amides is 1. The number of halogens is 3. The molecule has 2 aliphatic carbocycles. The minimum atomic E-state index is -1.07. The average molecular weight is 457 g/mol. The summed E-state index contributed by atoms with van der Waals surface area (Å²) in [5.41, 5.74) is 2.93. The van der Waals surface area contributed by atoms with Gasteiger partial charge in [0.05, 0.1) is 28.2 Å². The Morgan fingerprint density at radius 1 is 1.38 bits per heavy atom. The number of anilines is 2. The number of benzene rings is 1. The molecule has 1 amide bonds. The van der Waals surface area contributed by atoms with Crippen LogP contribution in [0.1, 0.15) is 19.3 Å². The highest BCUT2D eigenvalue weighted by Gasteiger charge is 2.43. The van der Waals surface area contributed by atoms with Crippen LogP contribution in [0.15, 0.2) is 30.6 Å². The Morgan fingerprint density at radius 2 is 2.16 bits per heavy atom. The summed E-state index contributed by atoms with van der Waals surface area (Å²) in [6, 6.07) is 5.58. The fourth-order valence-electron chi connectivity index (χ4n) is 4.22. The number of fused-ring (bicyclic) bond motifs is 2. The standard InChI is InChI=1S/C22H19ClF2N6O/c1-30(11-2-3-11)21-19(25)18(23)17(14-9-26-28-20(14)21)10-4-5-31-12(6-10)7-16(29-31)27-22(32)13-8-15(13)24/h4-7,9,11,13,15H,2-3,8H2,1H3,(H,26,28)(H,27,29,32)/t13-,15+/m1/s1. The summed E-state index contributed by atoms with van der Waals surface area (Å²) in [6.07, 6.45) is 4.58. The quantitative estimate of drug-likeness (QED) is 0.461. The molecule has 2 saturated carbocycles. The molecule has 32 heavy (non-hydrogen) atoms. The number of aromatic amines is 1. The van der Waals surface area contributed by atoms with Crippen LogP contribution in [0.3, 0.4) is 0 Å². The Balaban J connectivity index is 1.42. The molecular formula is C22H19ClF2N6O. The third-order valence-electron chi connectivity index (χ3n) is 6.27. The zero-order valence-electron chi connectivity index (χ0n) is 17.1. The second-order valence-electron chi connectivity index (χ2n) is 8.51. The summed E-state index contributed by atoms with van der Waals surface area (Å²) in [5.74, 6) is -1.13. The number of nitrogens with one attached hydrogen (secondary N) is 2. The largest absolute Gasteiger partial charge is 0.367 e. The number of nitrogens with zero attached hydrogens (tertiary/aromatic N) is 4. The van der Waals surface area contributed by atoms with E-state index in [0.717, 1.165) is 18.2 Å². The van der Waals surface area contributed by atoms with Crippen molar-refractivity contribution in [2.24, 2.45) is 5.92 Å². The van der Waals surface area contributed by atoms with E-state index in [2.05, 4.69) is 20.6 Å². The van der Waals surface area contributed by atoms with Crippen molar-refractivity contribution in [3.05, 3.63) is 41.4 Å². The van der Waals surface area contributed by atoms with Gasteiger partial charge in [0.1, 0.15) is 11.9 Å². The van der Waals surface area contributed by atoms with Gasteiger partial charge in [0.2, 0.25) is 5.91 Å². The summed E-state index contributed by atoms with van der Waals surface area (Å²) in [7, 11) is 1.87. The zero-order valence-corrected chi connectivity index (χ0v) is 17.8. The van der Waals surface area contributed by atoms with Crippen LogP contribution >= 0.6 is 11.6 Å². The highest BCUT2D eigenvalue weighted by atomic mass is 35.5. The third-order valence-corrected chi connectivity index (χ3v) is 6.62. The van der Waals surface area contributed by atoms with Crippen LogP contribution in [0.4, 0.5) is 20.3 Å². The summed E-state index contributed by atoms with van der Waals surface area (Å²) in [6.45, 7) is 0. The van der Waals surface area contributed by atoms with Gasteiger partial charge in [-0.15, -0.1) is 0 Å². The number of hydrogen-bond donors (Lipinski definition) is 2. The summed E-state index contributed by atoms with van der Waals surface area (Å²) in [4.78, 5) is 13.9. The molecule has 3 aromatic heterocycles. The van der Waals surface area contributed by atoms with Gasteiger partial charge in [-0.25, -0.2) is 13.3 Å². The van der Waals surface area contributed by atoms with E-state index in [1.165, 1.54) is 0 Å². The Labute approximate surface area is 186 Å². The lowest BCUT2D eigenvalue weighted by Crippen LogP contribution is -2.21. The van der Waals surface area contributed by atoms with Crippen molar-refractivity contribution in [2.75, 3.05) is 17.3 Å². The fourth-order valence-corrected chi connectivity index (χ4v) is 4.52. The van der Waals surface area contributed by atoms with E-state index in [-0.39, 0.29) is 17.4 Å². The average Bonchev–Trinajstić information content (AvgIpc) is 3.66. The van der Waals surface area contributed by atoms with Crippen molar-refractivity contribution in [3.8, 4) is 11.1 Å². The monoisotopic (exact) mass is 456 g/mol. The number of alkyl halides is 1. The van der Waals surface area contributed by atoms with Crippen molar-refractivity contribution >= 4 is 45.4 Å². The maximum absolute atomic E-state index is 15.5. The SMILES string of the molecule is CN(c1c(F)c(Cl)c(-c2ccn3nc(NC(=O)[C@@H]4C[C@@H]4F)cc3c2)c2cn[nH]c12)C1CC1. The van der Waals surface area contributed by atoms with Gasteiger partial charge in [0, 0.05) is 36.3 Å². The molecule has 2 atom stereocenters. The molecule has 10 heteroatoms. The lowest BCUT2D eigenvalue weighted by molar-refractivity contribution is -0.117. The molecule has 2 aliphatic rings. The molecule has 0 aliphatic heterocycles. The van der Waals surface area contributed by atoms with Gasteiger partial charge >= 0.3 is 0 Å². The van der Waals surface area contributed by atoms with Crippen LogP contribution in [0.5, 0.6) is 0 Å². The molecule has 2 N–H and O–H groups in total. The van der Waals surface area contributed by atoms with E-state index in [4.69, 9.17) is 11.6 Å². The first-order valence-electron chi connectivity index (χ1n) is 10.4. The molecule has 4 aromatic rings. The molecule has 164 valence electrons. The molecule has 0 bridgehead atoms. The Kier molecular flexibility index (Phi) is 4.20. The van der Waals surface area contributed by atoms with Gasteiger partial charge in [-0.1, -0.05) is 11.6 Å². The molecular weight excluding hydrogens is 438 g/mol. The van der Waals surface area contributed by atoms with E-state index in [0.29, 0.717) is 39.7 Å². The number of carbonyl (C=O) groups is 1. The smallest absolute Gasteiger partial charge is 0.231 e. The predicted molar refractivity (Wildman–Crippen MR) is 118 cm³/mol. The van der Waals surface area contributed by atoms with E-state index in [9.17, 15) is 9.18 Å². The zero-order chi connectivity index (χ0) is 22.1. The third kappa shape index (κ3) is 3.02. The van der Waals surface area contributed by atoms with Crippen molar-refractivity contribution in [1.29, 1.82) is 0 Å². The van der Waals surface area contributed by atoms with Crippen LogP contribution in [-0.4, -0.2) is 45.0 Å². The topological polar surface area (TPSA) is 78.3 Å². The summed E-state index contributed by atoms with van der Waals surface area (Å²) >= 11 is 6.56. The van der Waals surface area contributed by atoms with Gasteiger partial charge < -0.3 is 10.2 Å². The van der Waals surface area contributed by atoms with E-state index in [1.807, 2.05) is 18.0 Å². The van der Waals surface area contributed by atoms with Crippen LogP contribution < -0.4 is 10.2 Å². The number of hydrogen-bond acceptors (Lipinski definition) is 4. The Bertz CT molecular complexity index is 1390.